The maximum Gasteiger partial charge on any atom is 0.161 e. The predicted octanol–water partition coefficient (Wildman–Crippen LogP) is 2.78. The first-order valence-corrected chi connectivity index (χ1v) is 5.90. The van der Waals surface area contributed by atoms with Crippen molar-refractivity contribution in [1.29, 1.82) is 0 Å². The van der Waals surface area contributed by atoms with Crippen molar-refractivity contribution in [3.8, 4) is 11.5 Å². The van der Waals surface area contributed by atoms with Crippen molar-refractivity contribution in [3.63, 3.8) is 0 Å². The highest BCUT2D eigenvalue weighted by Gasteiger charge is 2.10. The Labute approximate surface area is 107 Å². The Morgan fingerprint density at radius 1 is 1.11 bits per heavy atom. The van der Waals surface area contributed by atoms with Gasteiger partial charge in [-0.3, -0.25) is 0 Å². The van der Waals surface area contributed by atoms with E-state index in [9.17, 15) is 5.11 Å². The lowest BCUT2D eigenvalue weighted by molar-refractivity contribution is 0.276. The number of nitrogens with two attached hydrogens (primary N) is 1. The number of phenolic OH excluding ortho intramolecular Hbond substituents is 1. The standard InChI is InChI=1S/C15H17NO2/c1-11-6-2-3-7-12(11)13(16)10-18-15-9-5-4-8-14(15)17/h2-9,13,17H,10,16H2,1H3. The minimum atomic E-state index is -0.203. The zero-order valence-corrected chi connectivity index (χ0v) is 10.3. The summed E-state index contributed by atoms with van der Waals surface area (Å²) in [6.45, 7) is 2.36. The molecular formula is C15H17NO2. The van der Waals surface area contributed by atoms with Crippen molar-refractivity contribution in [2.75, 3.05) is 6.61 Å². The molecule has 3 nitrogen and oxygen atoms in total. The van der Waals surface area contributed by atoms with Gasteiger partial charge < -0.3 is 15.6 Å². The summed E-state index contributed by atoms with van der Waals surface area (Å²) in [7, 11) is 0. The van der Waals surface area contributed by atoms with Crippen molar-refractivity contribution >= 4 is 0 Å². The fourth-order valence-electron chi connectivity index (χ4n) is 1.85. The highest BCUT2D eigenvalue weighted by Crippen LogP contribution is 2.25. The van der Waals surface area contributed by atoms with E-state index in [1.54, 1.807) is 18.2 Å². The van der Waals surface area contributed by atoms with Crippen LogP contribution >= 0.6 is 0 Å². The lowest BCUT2D eigenvalue weighted by atomic mass is 10.0. The molecule has 0 saturated carbocycles. The number of aryl methyl sites for hydroxylation is 1. The van der Waals surface area contributed by atoms with E-state index in [1.807, 2.05) is 37.3 Å². The molecule has 0 spiro atoms. The fraction of sp³-hybridized carbons (Fsp3) is 0.200. The molecule has 0 saturated heterocycles. The van der Waals surface area contributed by atoms with Crippen LogP contribution in [0.25, 0.3) is 0 Å². The second kappa shape index (κ2) is 5.56. The van der Waals surface area contributed by atoms with E-state index in [0.29, 0.717) is 12.4 Å². The lowest BCUT2D eigenvalue weighted by Gasteiger charge is -2.16. The molecule has 0 aliphatic carbocycles. The van der Waals surface area contributed by atoms with E-state index < -0.39 is 0 Å². The summed E-state index contributed by atoms with van der Waals surface area (Å²) in [5.41, 5.74) is 8.29. The number of benzene rings is 2. The average molecular weight is 243 g/mol. The molecule has 1 atom stereocenters. The molecule has 0 aromatic heterocycles. The van der Waals surface area contributed by atoms with E-state index >= 15 is 0 Å². The van der Waals surface area contributed by atoms with Crippen LogP contribution in [-0.4, -0.2) is 11.7 Å². The predicted molar refractivity (Wildman–Crippen MR) is 71.7 cm³/mol. The number of aromatic hydroxyl groups is 1. The van der Waals surface area contributed by atoms with Gasteiger partial charge in [0.25, 0.3) is 0 Å². The summed E-state index contributed by atoms with van der Waals surface area (Å²) >= 11 is 0. The topological polar surface area (TPSA) is 55.5 Å². The molecule has 94 valence electrons. The fourth-order valence-corrected chi connectivity index (χ4v) is 1.85. The largest absolute Gasteiger partial charge is 0.504 e. The molecule has 1 unspecified atom stereocenters. The summed E-state index contributed by atoms with van der Waals surface area (Å²) in [6.07, 6.45) is 0. The van der Waals surface area contributed by atoms with E-state index in [2.05, 4.69) is 0 Å². The highest BCUT2D eigenvalue weighted by atomic mass is 16.5. The third-order valence-corrected chi connectivity index (χ3v) is 2.87. The van der Waals surface area contributed by atoms with Crippen molar-refractivity contribution < 1.29 is 9.84 Å². The van der Waals surface area contributed by atoms with Gasteiger partial charge in [0, 0.05) is 0 Å². The quantitative estimate of drug-likeness (QED) is 0.868. The maximum absolute atomic E-state index is 9.58. The Morgan fingerprint density at radius 2 is 1.78 bits per heavy atom. The first kappa shape index (κ1) is 12.5. The van der Waals surface area contributed by atoms with Gasteiger partial charge in [0.1, 0.15) is 6.61 Å². The molecule has 2 aromatic rings. The zero-order chi connectivity index (χ0) is 13.0. The molecule has 18 heavy (non-hydrogen) atoms. The number of para-hydroxylation sites is 2. The van der Waals surface area contributed by atoms with Crippen molar-refractivity contribution in [1.82, 2.24) is 0 Å². The van der Waals surface area contributed by atoms with Crippen LogP contribution in [0.3, 0.4) is 0 Å². The van der Waals surface area contributed by atoms with Gasteiger partial charge in [-0.15, -0.1) is 0 Å². The van der Waals surface area contributed by atoms with Gasteiger partial charge in [0.05, 0.1) is 6.04 Å². The number of ether oxygens (including phenoxy) is 1. The average Bonchev–Trinajstić information content (AvgIpc) is 2.38. The van der Waals surface area contributed by atoms with Gasteiger partial charge in [-0.2, -0.15) is 0 Å². The monoisotopic (exact) mass is 243 g/mol. The Balaban J connectivity index is 2.03. The third-order valence-electron chi connectivity index (χ3n) is 2.87. The third kappa shape index (κ3) is 2.81. The van der Waals surface area contributed by atoms with E-state index in [-0.39, 0.29) is 11.8 Å². The summed E-state index contributed by atoms with van der Waals surface area (Å²) in [6, 6.07) is 14.6. The summed E-state index contributed by atoms with van der Waals surface area (Å²) < 4.78 is 5.53. The van der Waals surface area contributed by atoms with E-state index in [4.69, 9.17) is 10.5 Å². The number of hydrogen-bond acceptors (Lipinski definition) is 3. The molecule has 0 heterocycles. The van der Waals surface area contributed by atoms with Gasteiger partial charge in [0.15, 0.2) is 11.5 Å². The van der Waals surface area contributed by atoms with Crippen molar-refractivity contribution in [2.45, 2.75) is 13.0 Å². The highest BCUT2D eigenvalue weighted by molar-refractivity contribution is 5.38. The Morgan fingerprint density at radius 3 is 2.50 bits per heavy atom. The van der Waals surface area contributed by atoms with Crippen LogP contribution in [0.2, 0.25) is 0 Å². The molecule has 3 heteroatoms. The molecule has 3 N–H and O–H groups in total. The molecule has 0 amide bonds. The summed E-state index contributed by atoms with van der Waals surface area (Å²) in [4.78, 5) is 0. The second-order valence-electron chi connectivity index (χ2n) is 4.24. The minimum Gasteiger partial charge on any atom is -0.504 e. The molecule has 0 bridgehead atoms. The molecular weight excluding hydrogens is 226 g/mol. The molecule has 0 radical (unpaired) electrons. The second-order valence-corrected chi connectivity index (χ2v) is 4.24. The summed E-state index contributed by atoms with van der Waals surface area (Å²) in [5, 5.41) is 9.58. The normalized spacial score (nSPS) is 12.1. The van der Waals surface area contributed by atoms with Crippen LogP contribution in [0.4, 0.5) is 0 Å². The minimum absolute atomic E-state index is 0.134. The van der Waals surface area contributed by atoms with E-state index in [1.165, 1.54) is 0 Å². The van der Waals surface area contributed by atoms with Crippen LogP contribution < -0.4 is 10.5 Å². The van der Waals surface area contributed by atoms with Gasteiger partial charge in [-0.25, -0.2) is 0 Å². The van der Waals surface area contributed by atoms with Crippen LogP contribution in [0.1, 0.15) is 17.2 Å². The number of phenols is 1. The lowest BCUT2D eigenvalue weighted by Crippen LogP contribution is -2.19. The van der Waals surface area contributed by atoms with Crippen molar-refractivity contribution in [2.24, 2.45) is 5.73 Å². The van der Waals surface area contributed by atoms with Gasteiger partial charge in [0.2, 0.25) is 0 Å². The van der Waals surface area contributed by atoms with Gasteiger partial charge in [-0.05, 0) is 30.2 Å². The van der Waals surface area contributed by atoms with Crippen LogP contribution in [0, 0.1) is 6.92 Å². The molecule has 2 aromatic carbocycles. The van der Waals surface area contributed by atoms with E-state index in [0.717, 1.165) is 11.1 Å². The number of rotatable bonds is 4. The van der Waals surface area contributed by atoms with Crippen molar-refractivity contribution in [3.05, 3.63) is 59.7 Å². The molecule has 0 aliphatic heterocycles. The van der Waals surface area contributed by atoms with Crippen LogP contribution in [-0.2, 0) is 0 Å². The van der Waals surface area contributed by atoms with Gasteiger partial charge in [-0.1, -0.05) is 36.4 Å². The molecule has 0 fully saturated rings. The first-order chi connectivity index (χ1) is 8.68. The zero-order valence-electron chi connectivity index (χ0n) is 10.3. The van der Waals surface area contributed by atoms with Crippen LogP contribution in [0.15, 0.2) is 48.5 Å². The Kier molecular flexibility index (Phi) is 3.85. The molecule has 0 aliphatic rings. The first-order valence-electron chi connectivity index (χ1n) is 5.90. The van der Waals surface area contributed by atoms with Crippen LogP contribution in [0.5, 0.6) is 11.5 Å². The van der Waals surface area contributed by atoms with Gasteiger partial charge >= 0.3 is 0 Å². The Bertz CT molecular complexity index is 525. The maximum atomic E-state index is 9.58. The SMILES string of the molecule is Cc1ccccc1C(N)COc1ccccc1O. The number of hydrogen-bond donors (Lipinski definition) is 2. The summed E-state index contributed by atoms with van der Waals surface area (Å²) in [5.74, 6) is 0.594. The Hall–Kier alpha value is -2.00. The smallest absolute Gasteiger partial charge is 0.161 e. The molecule has 2 rings (SSSR count).